The first-order valence-electron chi connectivity index (χ1n) is 7.25. The van der Waals surface area contributed by atoms with Crippen LogP contribution in [-0.4, -0.2) is 42.6 Å². The molecule has 116 valence electrons. The molecule has 0 amide bonds. The van der Waals surface area contributed by atoms with E-state index in [1.807, 2.05) is 0 Å². The Labute approximate surface area is 124 Å². The van der Waals surface area contributed by atoms with Crippen LogP contribution in [0.2, 0.25) is 0 Å². The van der Waals surface area contributed by atoms with Crippen LogP contribution in [-0.2, 0) is 6.54 Å². The molecule has 0 spiro atoms. The van der Waals surface area contributed by atoms with E-state index in [9.17, 15) is 4.39 Å². The molecule has 1 saturated heterocycles. The number of piperidine rings is 1. The molecule has 1 fully saturated rings. The zero-order chi connectivity index (χ0) is 15.2. The summed E-state index contributed by atoms with van der Waals surface area (Å²) in [5.74, 6) is 0.179. The van der Waals surface area contributed by atoms with Crippen molar-refractivity contribution >= 4 is 5.84 Å². The molecular weight excluding hydrogens is 271 g/mol. The van der Waals surface area contributed by atoms with Crippen LogP contribution in [0.25, 0.3) is 0 Å². The van der Waals surface area contributed by atoms with Gasteiger partial charge in [-0.3, -0.25) is 0 Å². The van der Waals surface area contributed by atoms with Crippen molar-refractivity contribution in [1.29, 1.82) is 0 Å². The number of halogens is 1. The highest BCUT2D eigenvalue weighted by Gasteiger charge is 2.16. The Morgan fingerprint density at radius 2 is 2.33 bits per heavy atom. The number of benzene rings is 1. The number of oxime groups is 1. The predicted molar refractivity (Wildman–Crippen MR) is 80.8 cm³/mol. The Morgan fingerprint density at radius 3 is 3.05 bits per heavy atom. The number of nitrogens with zero attached hydrogens (tertiary/aromatic N) is 2. The summed E-state index contributed by atoms with van der Waals surface area (Å²) in [6.45, 7) is 3.76. The van der Waals surface area contributed by atoms with E-state index in [1.54, 1.807) is 6.07 Å². The largest absolute Gasteiger partial charge is 0.409 e. The first-order chi connectivity index (χ1) is 10.1. The van der Waals surface area contributed by atoms with Gasteiger partial charge in [0.15, 0.2) is 5.84 Å². The molecule has 0 aromatic heterocycles. The molecule has 6 heteroatoms. The Hall–Kier alpha value is -1.66. The molecule has 2 rings (SSSR count). The highest BCUT2D eigenvalue weighted by Crippen LogP contribution is 2.14. The number of nitrogens with two attached hydrogens (primary N) is 1. The van der Waals surface area contributed by atoms with Crippen LogP contribution in [0.15, 0.2) is 23.4 Å². The van der Waals surface area contributed by atoms with Gasteiger partial charge in [-0.1, -0.05) is 5.16 Å². The fourth-order valence-corrected chi connectivity index (χ4v) is 2.82. The van der Waals surface area contributed by atoms with E-state index >= 15 is 0 Å². The molecule has 1 unspecified atom stereocenters. The molecule has 0 radical (unpaired) electrons. The molecular formula is C15H23FN4O. The van der Waals surface area contributed by atoms with Crippen molar-refractivity contribution in [3.8, 4) is 0 Å². The average molecular weight is 294 g/mol. The lowest BCUT2D eigenvalue weighted by Crippen LogP contribution is -2.37. The second kappa shape index (κ2) is 7.38. The molecule has 1 aliphatic rings. The van der Waals surface area contributed by atoms with Crippen molar-refractivity contribution in [3.05, 3.63) is 35.1 Å². The molecule has 0 saturated carbocycles. The van der Waals surface area contributed by atoms with Gasteiger partial charge in [0.1, 0.15) is 5.82 Å². The summed E-state index contributed by atoms with van der Waals surface area (Å²) in [5.41, 5.74) is 6.69. The molecule has 0 aliphatic carbocycles. The first kappa shape index (κ1) is 15.7. The summed E-state index contributed by atoms with van der Waals surface area (Å²) in [6, 6.07) is 4.46. The summed E-state index contributed by atoms with van der Waals surface area (Å²) < 4.78 is 13.5. The van der Waals surface area contributed by atoms with Crippen molar-refractivity contribution in [3.63, 3.8) is 0 Å². The number of rotatable bonds is 5. The van der Waals surface area contributed by atoms with Crippen LogP contribution in [0.3, 0.4) is 0 Å². The fourth-order valence-electron chi connectivity index (χ4n) is 2.82. The van der Waals surface area contributed by atoms with Crippen LogP contribution in [0.1, 0.15) is 24.0 Å². The Morgan fingerprint density at radius 1 is 1.52 bits per heavy atom. The third kappa shape index (κ3) is 4.68. The third-order valence-electron chi connectivity index (χ3n) is 3.85. The van der Waals surface area contributed by atoms with E-state index in [0.717, 1.165) is 18.7 Å². The van der Waals surface area contributed by atoms with E-state index in [2.05, 4.69) is 22.4 Å². The van der Waals surface area contributed by atoms with Gasteiger partial charge in [-0.25, -0.2) is 4.39 Å². The molecule has 1 atom stereocenters. The number of amidine groups is 1. The lowest BCUT2D eigenvalue weighted by Gasteiger charge is -2.29. The summed E-state index contributed by atoms with van der Waals surface area (Å²) in [4.78, 5) is 2.34. The van der Waals surface area contributed by atoms with E-state index in [0.29, 0.717) is 18.0 Å². The van der Waals surface area contributed by atoms with Gasteiger partial charge in [0.25, 0.3) is 0 Å². The number of likely N-dealkylation sites (tertiary alicyclic amines) is 1. The van der Waals surface area contributed by atoms with Crippen LogP contribution < -0.4 is 11.1 Å². The molecule has 1 heterocycles. The van der Waals surface area contributed by atoms with Gasteiger partial charge < -0.3 is 21.2 Å². The molecule has 0 bridgehead atoms. The monoisotopic (exact) mass is 294 g/mol. The lowest BCUT2D eigenvalue weighted by molar-refractivity contribution is 0.206. The van der Waals surface area contributed by atoms with Gasteiger partial charge in [-0.05, 0) is 62.7 Å². The highest BCUT2D eigenvalue weighted by atomic mass is 19.1. The second-order valence-corrected chi connectivity index (χ2v) is 5.73. The molecule has 4 N–H and O–H groups in total. The standard InChI is InChI=1S/C15H23FN4O/c1-20-4-2-3-11(10-20)8-18-9-12-5-13(15(17)19-21)7-14(16)6-12/h5-7,11,18,21H,2-4,8-10H2,1H3,(H2,17,19). The molecule has 1 aliphatic heterocycles. The normalized spacial score (nSPS) is 20.7. The van der Waals surface area contributed by atoms with Gasteiger partial charge in [0, 0.05) is 18.7 Å². The molecule has 1 aromatic rings. The average Bonchev–Trinajstić information content (AvgIpc) is 2.46. The maximum absolute atomic E-state index is 13.5. The maximum atomic E-state index is 13.5. The zero-order valence-electron chi connectivity index (χ0n) is 12.3. The summed E-state index contributed by atoms with van der Waals surface area (Å²) in [7, 11) is 2.14. The van der Waals surface area contributed by atoms with Gasteiger partial charge in [0.05, 0.1) is 0 Å². The van der Waals surface area contributed by atoms with Crippen LogP contribution in [0, 0.1) is 11.7 Å². The van der Waals surface area contributed by atoms with Crippen molar-refractivity contribution < 1.29 is 9.60 Å². The van der Waals surface area contributed by atoms with Crippen molar-refractivity contribution in [2.75, 3.05) is 26.7 Å². The number of nitrogens with one attached hydrogen (secondary N) is 1. The SMILES string of the molecule is CN1CCCC(CNCc2cc(F)cc(/C(N)=N/O)c2)C1. The van der Waals surface area contributed by atoms with Crippen molar-refractivity contribution in [1.82, 2.24) is 10.2 Å². The van der Waals surface area contributed by atoms with E-state index in [-0.39, 0.29) is 11.7 Å². The number of hydrogen-bond acceptors (Lipinski definition) is 4. The maximum Gasteiger partial charge on any atom is 0.170 e. The minimum atomic E-state index is -0.381. The summed E-state index contributed by atoms with van der Waals surface area (Å²) in [5, 5.41) is 14.9. The van der Waals surface area contributed by atoms with Gasteiger partial charge in [-0.15, -0.1) is 0 Å². The Bertz CT molecular complexity index is 506. The lowest BCUT2D eigenvalue weighted by atomic mass is 9.98. The fraction of sp³-hybridized carbons (Fsp3) is 0.533. The highest BCUT2D eigenvalue weighted by molar-refractivity contribution is 5.97. The molecule has 5 nitrogen and oxygen atoms in total. The second-order valence-electron chi connectivity index (χ2n) is 5.73. The van der Waals surface area contributed by atoms with Crippen LogP contribution >= 0.6 is 0 Å². The van der Waals surface area contributed by atoms with E-state index in [1.165, 1.54) is 31.5 Å². The van der Waals surface area contributed by atoms with E-state index < -0.39 is 0 Å². The smallest absolute Gasteiger partial charge is 0.170 e. The van der Waals surface area contributed by atoms with Crippen molar-refractivity contribution in [2.24, 2.45) is 16.8 Å². The van der Waals surface area contributed by atoms with E-state index in [4.69, 9.17) is 10.9 Å². The molecule has 1 aromatic carbocycles. The Kier molecular flexibility index (Phi) is 5.52. The zero-order valence-corrected chi connectivity index (χ0v) is 12.3. The Balaban J connectivity index is 1.89. The molecule has 21 heavy (non-hydrogen) atoms. The minimum absolute atomic E-state index is 0.0790. The topological polar surface area (TPSA) is 73.9 Å². The third-order valence-corrected chi connectivity index (χ3v) is 3.85. The van der Waals surface area contributed by atoms with Crippen molar-refractivity contribution in [2.45, 2.75) is 19.4 Å². The first-order valence-corrected chi connectivity index (χ1v) is 7.25. The number of hydrogen-bond donors (Lipinski definition) is 3. The predicted octanol–water partition coefficient (Wildman–Crippen LogP) is 1.35. The quantitative estimate of drug-likeness (QED) is 0.332. The summed E-state index contributed by atoms with van der Waals surface area (Å²) >= 11 is 0. The van der Waals surface area contributed by atoms with Gasteiger partial charge in [-0.2, -0.15) is 0 Å². The summed E-state index contributed by atoms with van der Waals surface area (Å²) in [6.07, 6.45) is 2.46. The van der Waals surface area contributed by atoms with Crippen LogP contribution in [0.5, 0.6) is 0 Å². The van der Waals surface area contributed by atoms with Crippen LogP contribution in [0.4, 0.5) is 4.39 Å². The van der Waals surface area contributed by atoms with Gasteiger partial charge in [0.2, 0.25) is 0 Å². The minimum Gasteiger partial charge on any atom is -0.409 e. The van der Waals surface area contributed by atoms with Gasteiger partial charge >= 0.3 is 0 Å².